The summed E-state index contributed by atoms with van der Waals surface area (Å²) in [6, 6.07) is 13.2. The Kier molecular flexibility index (Phi) is 18.4. The smallest absolute Gasteiger partial charge is 0.253 e. The summed E-state index contributed by atoms with van der Waals surface area (Å²) in [5, 5.41) is 0. The number of nitrogens with zero attached hydrogens (tertiary/aromatic N) is 3. The van der Waals surface area contributed by atoms with Gasteiger partial charge in [-0.25, -0.2) is 0 Å². The van der Waals surface area contributed by atoms with E-state index >= 15 is 0 Å². The Balaban J connectivity index is 0.000000211. The van der Waals surface area contributed by atoms with Gasteiger partial charge in [-0.2, -0.15) is 0 Å². The van der Waals surface area contributed by atoms with E-state index in [-0.39, 0.29) is 23.6 Å². The Labute approximate surface area is 308 Å². The van der Waals surface area contributed by atoms with E-state index in [4.69, 9.17) is 17.2 Å². The number of carbonyl (C=O) groups excluding carboxylic acids is 6. The maximum Gasteiger partial charge on any atom is 0.253 e. The summed E-state index contributed by atoms with van der Waals surface area (Å²) in [5.74, 6) is -0.953. The van der Waals surface area contributed by atoms with Crippen LogP contribution in [0, 0.1) is 0 Å². The van der Waals surface area contributed by atoms with Crippen molar-refractivity contribution in [2.75, 3.05) is 39.3 Å². The highest BCUT2D eigenvalue weighted by atomic mass is 16.2. The van der Waals surface area contributed by atoms with Crippen molar-refractivity contribution in [3.8, 4) is 0 Å². The van der Waals surface area contributed by atoms with Gasteiger partial charge in [0.05, 0.1) is 0 Å². The molecular formula is C40H58N6O6. The minimum Gasteiger partial charge on any atom is -0.370 e. The second-order valence-corrected chi connectivity index (χ2v) is 13.8. The number of benzene rings is 2. The summed E-state index contributed by atoms with van der Waals surface area (Å²) >= 11 is 0. The van der Waals surface area contributed by atoms with Crippen LogP contribution in [0.1, 0.15) is 144 Å². The Hall–Kier alpha value is -4.74. The number of carbonyl (C=O) groups is 6. The fraction of sp³-hybridized carbons (Fsp3) is 0.550. The first kappa shape index (κ1) is 41.7. The van der Waals surface area contributed by atoms with Crippen LogP contribution in [0.5, 0.6) is 0 Å². The molecule has 12 heteroatoms. The van der Waals surface area contributed by atoms with Gasteiger partial charge in [0.2, 0.25) is 23.6 Å². The van der Waals surface area contributed by atoms with Gasteiger partial charge in [0.1, 0.15) is 0 Å². The van der Waals surface area contributed by atoms with E-state index in [1.54, 1.807) is 48.5 Å². The minimum atomic E-state index is -0.500. The molecule has 0 bridgehead atoms. The normalized spacial score (nSPS) is 16.3. The van der Waals surface area contributed by atoms with Gasteiger partial charge in [0.15, 0.2) is 0 Å². The molecule has 3 aliphatic rings. The Morgan fingerprint density at radius 2 is 0.827 bits per heavy atom. The molecule has 0 atom stereocenters. The second-order valence-electron chi connectivity index (χ2n) is 13.8. The van der Waals surface area contributed by atoms with Crippen LogP contribution in [0.4, 0.5) is 0 Å². The molecule has 12 nitrogen and oxygen atoms in total. The van der Waals surface area contributed by atoms with Gasteiger partial charge in [-0.1, -0.05) is 44.6 Å². The van der Waals surface area contributed by atoms with E-state index in [0.29, 0.717) is 35.1 Å². The largest absolute Gasteiger partial charge is 0.370 e. The van der Waals surface area contributed by atoms with Gasteiger partial charge < -0.3 is 31.9 Å². The minimum absolute atomic E-state index is 0.000000000000000444. The van der Waals surface area contributed by atoms with Gasteiger partial charge in [0, 0.05) is 74.4 Å². The number of primary amides is 3. The van der Waals surface area contributed by atoms with Crippen LogP contribution < -0.4 is 17.2 Å². The third kappa shape index (κ3) is 14.9. The third-order valence-electron chi connectivity index (χ3n) is 9.62. The van der Waals surface area contributed by atoms with Gasteiger partial charge >= 0.3 is 0 Å². The van der Waals surface area contributed by atoms with Crippen LogP contribution in [-0.2, 0) is 9.59 Å². The maximum atomic E-state index is 12.3. The lowest BCUT2D eigenvalue weighted by Gasteiger charge is -2.20. The molecule has 3 aliphatic heterocycles. The maximum absolute atomic E-state index is 12.3. The first-order chi connectivity index (χ1) is 25.1. The average molecular weight is 719 g/mol. The van der Waals surface area contributed by atoms with E-state index in [9.17, 15) is 28.8 Å². The quantitative estimate of drug-likeness (QED) is 0.305. The molecule has 0 spiro atoms. The zero-order chi connectivity index (χ0) is 37.7. The molecule has 0 radical (unpaired) electrons. The summed E-state index contributed by atoms with van der Waals surface area (Å²) in [6.45, 7) is 5.09. The van der Waals surface area contributed by atoms with Crippen LogP contribution in [0.2, 0.25) is 0 Å². The lowest BCUT2D eigenvalue weighted by Crippen LogP contribution is -2.32. The zero-order valence-electron chi connectivity index (χ0n) is 30.7. The van der Waals surface area contributed by atoms with E-state index in [0.717, 1.165) is 90.6 Å². The SMILES string of the molecule is NC(=O)CCCCC(=O)N1CCCCCC1.NC(=O)c1ccc(C(=O)N2CCCCCC2)cc1.NC(=O)c1cccc(C(=O)N2CCCCCC2)c1. The molecule has 0 saturated carbocycles. The van der Waals surface area contributed by atoms with Crippen molar-refractivity contribution in [3.63, 3.8) is 0 Å². The van der Waals surface area contributed by atoms with Crippen LogP contribution in [0.25, 0.3) is 0 Å². The first-order valence-corrected chi connectivity index (χ1v) is 19.0. The summed E-state index contributed by atoms with van der Waals surface area (Å²) in [4.78, 5) is 74.7. The van der Waals surface area contributed by atoms with Crippen molar-refractivity contribution in [2.24, 2.45) is 17.2 Å². The van der Waals surface area contributed by atoms with Gasteiger partial charge in [-0.05, 0) is 93.8 Å². The Morgan fingerprint density at radius 1 is 0.442 bits per heavy atom. The molecule has 3 heterocycles. The number of amides is 6. The molecule has 2 aromatic rings. The van der Waals surface area contributed by atoms with E-state index < -0.39 is 11.8 Å². The molecular weight excluding hydrogens is 660 g/mol. The van der Waals surface area contributed by atoms with Gasteiger partial charge in [-0.15, -0.1) is 0 Å². The topological polar surface area (TPSA) is 190 Å². The molecule has 52 heavy (non-hydrogen) atoms. The molecule has 5 rings (SSSR count). The molecule has 6 amide bonds. The Morgan fingerprint density at radius 3 is 1.27 bits per heavy atom. The Bertz CT molecular complexity index is 1460. The lowest BCUT2D eigenvalue weighted by atomic mass is 10.1. The monoisotopic (exact) mass is 718 g/mol. The molecule has 0 unspecified atom stereocenters. The summed E-state index contributed by atoms with van der Waals surface area (Å²) in [7, 11) is 0. The highest BCUT2D eigenvalue weighted by molar-refractivity contribution is 5.99. The number of unbranched alkanes of at least 4 members (excludes halogenated alkanes) is 1. The number of likely N-dealkylation sites (tertiary alicyclic amines) is 3. The first-order valence-electron chi connectivity index (χ1n) is 19.0. The summed E-state index contributed by atoms with van der Waals surface area (Å²) < 4.78 is 0. The standard InChI is InChI=1S/2C14H18N2O2.C12H22N2O2/c15-13(17)11-5-7-12(8-6-11)14(18)16-9-3-1-2-4-10-16;15-13(17)11-6-5-7-12(10-11)14(18)16-8-3-1-2-4-9-16;13-11(15)7-3-4-8-12(16)14-9-5-1-2-6-10-14/h5-8H,1-4,9-10H2,(H2,15,17);5-7,10H,1-4,8-9H2,(H2,15,17);1-10H2,(H2,13,15). The van der Waals surface area contributed by atoms with Crippen molar-refractivity contribution in [3.05, 3.63) is 70.8 Å². The third-order valence-corrected chi connectivity index (χ3v) is 9.62. The number of rotatable bonds is 9. The second kappa shape index (κ2) is 22.9. The fourth-order valence-corrected chi connectivity index (χ4v) is 6.55. The summed E-state index contributed by atoms with van der Waals surface area (Å²) in [6.07, 6.45) is 16.2. The fourth-order valence-electron chi connectivity index (χ4n) is 6.55. The van der Waals surface area contributed by atoms with Crippen LogP contribution in [-0.4, -0.2) is 89.4 Å². The van der Waals surface area contributed by atoms with Gasteiger partial charge in [-0.3, -0.25) is 28.8 Å². The molecule has 3 saturated heterocycles. The molecule has 284 valence electrons. The van der Waals surface area contributed by atoms with Crippen LogP contribution in [0.15, 0.2) is 48.5 Å². The molecule has 6 N–H and O–H groups in total. The van der Waals surface area contributed by atoms with Crippen LogP contribution in [0.3, 0.4) is 0 Å². The molecule has 0 aliphatic carbocycles. The average Bonchev–Trinajstić information content (AvgIpc) is 3.71. The van der Waals surface area contributed by atoms with E-state index in [1.165, 1.54) is 38.5 Å². The highest BCUT2D eigenvalue weighted by Gasteiger charge is 2.19. The van der Waals surface area contributed by atoms with E-state index in [1.807, 2.05) is 14.7 Å². The number of hydrogen-bond acceptors (Lipinski definition) is 6. The van der Waals surface area contributed by atoms with Crippen LogP contribution >= 0.6 is 0 Å². The van der Waals surface area contributed by atoms with Crippen molar-refractivity contribution in [1.82, 2.24) is 14.7 Å². The molecule has 0 aromatic heterocycles. The molecule has 2 aromatic carbocycles. The van der Waals surface area contributed by atoms with E-state index in [2.05, 4.69) is 0 Å². The predicted octanol–water partition coefficient (Wildman–Crippen LogP) is 5.04. The number of nitrogens with two attached hydrogens (primary N) is 3. The van der Waals surface area contributed by atoms with Crippen molar-refractivity contribution >= 4 is 35.4 Å². The highest BCUT2D eigenvalue weighted by Crippen LogP contribution is 2.16. The van der Waals surface area contributed by atoms with Crippen molar-refractivity contribution in [1.29, 1.82) is 0 Å². The zero-order valence-corrected chi connectivity index (χ0v) is 30.7. The predicted molar refractivity (Wildman–Crippen MR) is 201 cm³/mol. The lowest BCUT2D eigenvalue weighted by molar-refractivity contribution is -0.131. The van der Waals surface area contributed by atoms with Crippen molar-refractivity contribution in [2.45, 2.75) is 103 Å². The van der Waals surface area contributed by atoms with Crippen molar-refractivity contribution < 1.29 is 28.8 Å². The van der Waals surface area contributed by atoms with Gasteiger partial charge in [0.25, 0.3) is 11.8 Å². The summed E-state index contributed by atoms with van der Waals surface area (Å²) in [5.41, 5.74) is 17.4. The number of hydrogen-bond donors (Lipinski definition) is 3. The molecule has 3 fully saturated rings.